The van der Waals surface area contributed by atoms with E-state index in [1.807, 2.05) is 0 Å². The molecule has 1 nitrogen and oxygen atoms in total. The summed E-state index contributed by atoms with van der Waals surface area (Å²) < 4.78 is 27.1. The van der Waals surface area contributed by atoms with Gasteiger partial charge >= 0.3 is 0 Å². The van der Waals surface area contributed by atoms with Gasteiger partial charge in [0, 0.05) is 12.1 Å². The van der Waals surface area contributed by atoms with Gasteiger partial charge in [-0.1, -0.05) is 19.8 Å². The summed E-state index contributed by atoms with van der Waals surface area (Å²) in [6.45, 7) is 3.15. The third kappa shape index (κ3) is 3.83. The van der Waals surface area contributed by atoms with Crippen LogP contribution in [0.25, 0.3) is 0 Å². The van der Waals surface area contributed by atoms with E-state index in [1.54, 1.807) is 0 Å². The first kappa shape index (κ1) is 13.6. The SMILES string of the molecule is CCCCCNCc1c(F)ccc(Br)c1F. The topological polar surface area (TPSA) is 12.0 Å². The molecule has 0 aliphatic heterocycles. The van der Waals surface area contributed by atoms with Crippen molar-refractivity contribution in [1.29, 1.82) is 0 Å². The lowest BCUT2D eigenvalue weighted by molar-refractivity contribution is 0.526. The van der Waals surface area contributed by atoms with E-state index in [4.69, 9.17) is 0 Å². The molecule has 0 saturated heterocycles. The van der Waals surface area contributed by atoms with Crippen LogP contribution in [0.15, 0.2) is 16.6 Å². The molecule has 0 amide bonds. The maximum atomic E-state index is 13.5. The second kappa shape index (κ2) is 6.97. The standard InChI is InChI=1S/C12H16BrF2N/c1-2-3-4-7-16-8-9-11(14)6-5-10(13)12(9)15/h5-6,16H,2-4,7-8H2,1H3. The van der Waals surface area contributed by atoms with Crippen molar-refractivity contribution >= 4 is 15.9 Å². The quantitative estimate of drug-likeness (QED) is 0.617. The van der Waals surface area contributed by atoms with Crippen LogP contribution in [0.3, 0.4) is 0 Å². The number of nitrogens with one attached hydrogen (secondary N) is 1. The Hall–Kier alpha value is -0.480. The van der Waals surface area contributed by atoms with Gasteiger partial charge in [0.2, 0.25) is 0 Å². The van der Waals surface area contributed by atoms with Gasteiger partial charge in [-0.15, -0.1) is 0 Å². The van der Waals surface area contributed by atoms with Crippen molar-refractivity contribution < 1.29 is 8.78 Å². The lowest BCUT2D eigenvalue weighted by Crippen LogP contribution is -2.16. The van der Waals surface area contributed by atoms with Gasteiger partial charge in [-0.25, -0.2) is 8.78 Å². The molecule has 0 radical (unpaired) electrons. The third-order valence-corrected chi connectivity index (χ3v) is 3.01. The maximum Gasteiger partial charge on any atom is 0.144 e. The van der Waals surface area contributed by atoms with Crippen molar-refractivity contribution in [3.05, 3.63) is 33.8 Å². The minimum absolute atomic E-state index is 0.103. The van der Waals surface area contributed by atoms with E-state index in [0.717, 1.165) is 25.8 Å². The number of rotatable bonds is 6. The fourth-order valence-electron chi connectivity index (χ4n) is 1.44. The highest BCUT2D eigenvalue weighted by Crippen LogP contribution is 2.21. The molecule has 1 aromatic rings. The van der Waals surface area contributed by atoms with E-state index < -0.39 is 11.6 Å². The Morgan fingerprint density at radius 2 is 2.00 bits per heavy atom. The molecular formula is C12H16BrF2N. The van der Waals surface area contributed by atoms with Crippen LogP contribution >= 0.6 is 15.9 Å². The number of hydrogen-bond donors (Lipinski definition) is 1. The van der Waals surface area contributed by atoms with Crippen LogP contribution < -0.4 is 5.32 Å². The van der Waals surface area contributed by atoms with Gasteiger partial charge in [0.15, 0.2) is 0 Å². The highest BCUT2D eigenvalue weighted by atomic mass is 79.9. The van der Waals surface area contributed by atoms with Gasteiger partial charge in [0.1, 0.15) is 11.6 Å². The Labute approximate surface area is 103 Å². The predicted octanol–water partition coefficient (Wildman–Crippen LogP) is 4.01. The summed E-state index contributed by atoms with van der Waals surface area (Å²) >= 11 is 3.04. The fraction of sp³-hybridized carbons (Fsp3) is 0.500. The largest absolute Gasteiger partial charge is 0.312 e. The van der Waals surface area contributed by atoms with Crippen molar-refractivity contribution in [1.82, 2.24) is 5.32 Å². The summed E-state index contributed by atoms with van der Waals surface area (Å²) in [5.41, 5.74) is 0.103. The molecule has 0 bridgehead atoms. The highest BCUT2D eigenvalue weighted by molar-refractivity contribution is 9.10. The van der Waals surface area contributed by atoms with Crippen molar-refractivity contribution in [3.8, 4) is 0 Å². The lowest BCUT2D eigenvalue weighted by Gasteiger charge is -2.08. The molecule has 0 atom stereocenters. The molecule has 90 valence electrons. The molecule has 0 aromatic heterocycles. The summed E-state index contributed by atoms with van der Waals surface area (Å²) in [6, 6.07) is 2.65. The average molecular weight is 292 g/mol. The molecule has 0 aliphatic carbocycles. The first-order valence-electron chi connectivity index (χ1n) is 5.50. The molecule has 0 heterocycles. The summed E-state index contributed by atoms with van der Waals surface area (Å²) in [7, 11) is 0. The minimum atomic E-state index is -0.511. The number of unbranched alkanes of at least 4 members (excludes halogenated alkanes) is 2. The molecule has 0 unspecified atom stereocenters. The summed E-state index contributed by atoms with van der Waals surface area (Å²) in [6.07, 6.45) is 3.31. The molecule has 0 aliphatic rings. The lowest BCUT2D eigenvalue weighted by atomic mass is 10.2. The zero-order valence-corrected chi connectivity index (χ0v) is 10.9. The van der Waals surface area contributed by atoms with E-state index in [0.29, 0.717) is 4.47 Å². The van der Waals surface area contributed by atoms with Crippen LogP contribution in [0.5, 0.6) is 0 Å². The summed E-state index contributed by atoms with van der Waals surface area (Å²) in [5, 5.41) is 3.04. The fourth-order valence-corrected chi connectivity index (χ4v) is 1.82. The van der Waals surface area contributed by atoms with Crippen LogP contribution in [-0.2, 0) is 6.54 Å². The van der Waals surface area contributed by atoms with Gasteiger partial charge < -0.3 is 5.32 Å². The van der Waals surface area contributed by atoms with Crippen LogP contribution in [-0.4, -0.2) is 6.54 Å². The van der Waals surface area contributed by atoms with Gasteiger partial charge in [0.25, 0.3) is 0 Å². The van der Waals surface area contributed by atoms with Crippen LogP contribution in [0.4, 0.5) is 8.78 Å². The van der Waals surface area contributed by atoms with Gasteiger partial charge in [-0.2, -0.15) is 0 Å². The van der Waals surface area contributed by atoms with E-state index in [1.165, 1.54) is 12.1 Å². The Kier molecular flexibility index (Phi) is 5.91. The molecule has 0 fully saturated rings. The molecule has 4 heteroatoms. The molecule has 0 spiro atoms. The third-order valence-electron chi connectivity index (χ3n) is 2.40. The van der Waals surface area contributed by atoms with Crippen LogP contribution in [0.2, 0.25) is 0 Å². The molecule has 1 N–H and O–H groups in total. The van der Waals surface area contributed by atoms with Crippen molar-refractivity contribution in [2.24, 2.45) is 0 Å². The number of benzene rings is 1. The zero-order chi connectivity index (χ0) is 12.0. The monoisotopic (exact) mass is 291 g/mol. The van der Waals surface area contributed by atoms with E-state index in [-0.39, 0.29) is 12.1 Å². The first-order chi connectivity index (χ1) is 7.66. The first-order valence-corrected chi connectivity index (χ1v) is 6.29. The zero-order valence-electron chi connectivity index (χ0n) is 9.32. The average Bonchev–Trinajstić information content (AvgIpc) is 2.28. The maximum absolute atomic E-state index is 13.5. The van der Waals surface area contributed by atoms with Gasteiger partial charge in [-0.3, -0.25) is 0 Å². The van der Waals surface area contributed by atoms with E-state index in [2.05, 4.69) is 28.2 Å². The van der Waals surface area contributed by atoms with Gasteiger partial charge in [0.05, 0.1) is 4.47 Å². The summed E-state index contributed by atoms with van der Waals surface area (Å²) in [4.78, 5) is 0. The van der Waals surface area contributed by atoms with Crippen LogP contribution in [0, 0.1) is 11.6 Å². The predicted molar refractivity (Wildman–Crippen MR) is 65.3 cm³/mol. The second-order valence-corrected chi connectivity index (χ2v) is 4.56. The second-order valence-electron chi connectivity index (χ2n) is 3.71. The molecule has 1 aromatic carbocycles. The Morgan fingerprint density at radius 3 is 2.69 bits per heavy atom. The summed E-state index contributed by atoms with van der Waals surface area (Å²) in [5.74, 6) is -1.01. The van der Waals surface area contributed by atoms with Crippen molar-refractivity contribution in [2.45, 2.75) is 32.7 Å². The molecule has 1 rings (SSSR count). The normalized spacial score (nSPS) is 10.8. The number of hydrogen-bond acceptors (Lipinski definition) is 1. The van der Waals surface area contributed by atoms with Crippen LogP contribution in [0.1, 0.15) is 31.7 Å². The Balaban J connectivity index is 2.50. The highest BCUT2D eigenvalue weighted by Gasteiger charge is 2.11. The van der Waals surface area contributed by atoms with E-state index in [9.17, 15) is 8.78 Å². The Morgan fingerprint density at radius 1 is 1.25 bits per heavy atom. The smallest absolute Gasteiger partial charge is 0.144 e. The van der Waals surface area contributed by atoms with Crippen molar-refractivity contribution in [2.75, 3.05) is 6.54 Å². The van der Waals surface area contributed by atoms with Gasteiger partial charge in [-0.05, 0) is 41.0 Å². The Bertz CT molecular complexity index is 342. The van der Waals surface area contributed by atoms with E-state index >= 15 is 0 Å². The number of halogens is 3. The molecule has 0 saturated carbocycles. The minimum Gasteiger partial charge on any atom is -0.312 e. The molecular weight excluding hydrogens is 276 g/mol. The molecule has 16 heavy (non-hydrogen) atoms. The van der Waals surface area contributed by atoms with Crippen molar-refractivity contribution in [3.63, 3.8) is 0 Å².